The molecular formula is C10H18N4O3. The minimum Gasteiger partial charge on any atom is -0.480 e. The minimum atomic E-state index is -0.941. The molecule has 96 valence electrons. The summed E-state index contributed by atoms with van der Waals surface area (Å²) in [6, 6.07) is 0. The molecule has 7 nitrogen and oxygen atoms in total. The van der Waals surface area contributed by atoms with Crippen molar-refractivity contribution in [1.29, 1.82) is 0 Å². The zero-order valence-electron chi connectivity index (χ0n) is 9.93. The second-order valence-corrected chi connectivity index (χ2v) is 4.22. The Hall–Kier alpha value is -1.30. The van der Waals surface area contributed by atoms with Crippen LogP contribution in [-0.2, 0) is 9.53 Å². The topological polar surface area (TPSA) is 107 Å². The molecule has 0 bridgehead atoms. The van der Waals surface area contributed by atoms with Crippen LogP contribution >= 0.6 is 0 Å². The van der Waals surface area contributed by atoms with E-state index in [2.05, 4.69) is 15.3 Å². The monoisotopic (exact) mass is 242 g/mol. The Balaban J connectivity index is 2.61. The van der Waals surface area contributed by atoms with Crippen LogP contribution < -0.4 is 5.32 Å². The average Bonchev–Trinajstić information content (AvgIpc) is 2.35. The SMILES string of the molecule is COC1CCCC(NCCN=[N+]=[N-])(C(=O)O)C1. The van der Waals surface area contributed by atoms with Crippen molar-refractivity contribution in [2.45, 2.75) is 37.3 Å². The molecule has 2 N–H and O–H groups in total. The van der Waals surface area contributed by atoms with Crippen LogP contribution in [0.15, 0.2) is 5.11 Å². The summed E-state index contributed by atoms with van der Waals surface area (Å²) in [5.41, 5.74) is 7.21. The van der Waals surface area contributed by atoms with Crippen LogP contribution in [0.2, 0.25) is 0 Å². The van der Waals surface area contributed by atoms with Crippen molar-refractivity contribution in [3.05, 3.63) is 10.4 Å². The summed E-state index contributed by atoms with van der Waals surface area (Å²) in [5, 5.41) is 15.7. The Labute approximate surface area is 99.8 Å². The Kier molecular flexibility index (Phi) is 5.21. The highest BCUT2D eigenvalue weighted by atomic mass is 16.5. The Bertz CT molecular complexity index is 317. The van der Waals surface area contributed by atoms with Crippen LogP contribution in [0.5, 0.6) is 0 Å². The molecule has 0 radical (unpaired) electrons. The van der Waals surface area contributed by atoms with Gasteiger partial charge in [-0.3, -0.25) is 4.79 Å². The highest BCUT2D eigenvalue weighted by molar-refractivity contribution is 5.79. The van der Waals surface area contributed by atoms with Gasteiger partial charge in [0.25, 0.3) is 0 Å². The second-order valence-electron chi connectivity index (χ2n) is 4.22. The normalized spacial score (nSPS) is 28.4. The Morgan fingerprint density at radius 1 is 1.76 bits per heavy atom. The van der Waals surface area contributed by atoms with E-state index in [0.717, 1.165) is 12.8 Å². The van der Waals surface area contributed by atoms with Gasteiger partial charge in [-0.05, 0) is 24.8 Å². The molecule has 0 saturated heterocycles. The number of ether oxygens (including phenoxy) is 1. The molecule has 1 fully saturated rings. The van der Waals surface area contributed by atoms with Crippen molar-refractivity contribution in [2.75, 3.05) is 20.2 Å². The summed E-state index contributed by atoms with van der Waals surface area (Å²) >= 11 is 0. The Morgan fingerprint density at radius 2 is 2.53 bits per heavy atom. The predicted molar refractivity (Wildman–Crippen MR) is 61.6 cm³/mol. The molecule has 17 heavy (non-hydrogen) atoms. The molecule has 2 atom stereocenters. The number of carboxylic acids is 1. The summed E-state index contributed by atoms with van der Waals surface area (Å²) in [5.74, 6) is -0.861. The number of hydrogen-bond acceptors (Lipinski definition) is 4. The van der Waals surface area contributed by atoms with E-state index in [0.29, 0.717) is 19.4 Å². The van der Waals surface area contributed by atoms with Gasteiger partial charge in [0.05, 0.1) is 6.10 Å². The molecule has 1 aliphatic carbocycles. The highest BCUT2D eigenvalue weighted by Crippen LogP contribution is 2.30. The van der Waals surface area contributed by atoms with Crippen molar-refractivity contribution in [1.82, 2.24) is 5.32 Å². The molecule has 0 amide bonds. The first-order chi connectivity index (χ1) is 8.14. The van der Waals surface area contributed by atoms with Gasteiger partial charge in [-0.1, -0.05) is 5.11 Å². The van der Waals surface area contributed by atoms with Crippen LogP contribution in [-0.4, -0.2) is 42.9 Å². The number of azide groups is 1. The molecule has 0 aromatic heterocycles. The number of nitrogens with zero attached hydrogens (tertiary/aromatic N) is 3. The number of nitrogens with one attached hydrogen (secondary N) is 1. The molecule has 1 rings (SSSR count). The number of methoxy groups -OCH3 is 1. The number of hydrogen-bond donors (Lipinski definition) is 2. The van der Waals surface area contributed by atoms with Gasteiger partial charge in [0.15, 0.2) is 0 Å². The predicted octanol–water partition coefficient (Wildman–Crippen LogP) is 1.30. The molecule has 1 aliphatic rings. The maximum atomic E-state index is 11.4. The van der Waals surface area contributed by atoms with Crippen molar-refractivity contribution in [3.63, 3.8) is 0 Å². The van der Waals surface area contributed by atoms with Gasteiger partial charge < -0.3 is 15.2 Å². The smallest absolute Gasteiger partial charge is 0.323 e. The van der Waals surface area contributed by atoms with Gasteiger partial charge in [-0.2, -0.15) is 0 Å². The standard InChI is InChI=1S/C10H18N4O3/c1-17-8-3-2-4-10(7-8,9(15)16)12-5-6-13-14-11/h8,12H,2-7H2,1H3,(H,15,16). The van der Waals surface area contributed by atoms with E-state index in [9.17, 15) is 9.90 Å². The molecule has 2 unspecified atom stereocenters. The van der Waals surface area contributed by atoms with Gasteiger partial charge in [0, 0.05) is 31.5 Å². The molecule has 0 heterocycles. The second kappa shape index (κ2) is 6.44. The molecule has 0 aromatic carbocycles. The van der Waals surface area contributed by atoms with E-state index in [4.69, 9.17) is 10.3 Å². The molecular weight excluding hydrogens is 224 g/mol. The Morgan fingerprint density at radius 3 is 3.12 bits per heavy atom. The fourth-order valence-electron chi connectivity index (χ4n) is 2.25. The van der Waals surface area contributed by atoms with E-state index in [-0.39, 0.29) is 12.6 Å². The zero-order chi connectivity index (χ0) is 12.7. The lowest BCUT2D eigenvalue weighted by Gasteiger charge is -2.37. The third-order valence-electron chi connectivity index (χ3n) is 3.19. The van der Waals surface area contributed by atoms with E-state index in [1.165, 1.54) is 0 Å². The van der Waals surface area contributed by atoms with Gasteiger partial charge >= 0.3 is 5.97 Å². The first-order valence-corrected chi connectivity index (χ1v) is 5.67. The van der Waals surface area contributed by atoms with E-state index < -0.39 is 11.5 Å². The van der Waals surface area contributed by atoms with Crippen LogP contribution in [0.1, 0.15) is 25.7 Å². The summed E-state index contributed by atoms with van der Waals surface area (Å²) in [4.78, 5) is 14.0. The van der Waals surface area contributed by atoms with Crippen LogP contribution in [0, 0.1) is 0 Å². The average molecular weight is 242 g/mol. The highest BCUT2D eigenvalue weighted by Gasteiger charge is 2.42. The summed E-state index contributed by atoms with van der Waals surface area (Å²) in [7, 11) is 1.60. The first-order valence-electron chi connectivity index (χ1n) is 5.67. The number of carboxylic acid groups (broad SMARTS) is 1. The van der Waals surface area contributed by atoms with Gasteiger partial charge in [-0.15, -0.1) is 0 Å². The zero-order valence-corrected chi connectivity index (χ0v) is 9.93. The van der Waals surface area contributed by atoms with Gasteiger partial charge in [0.2, 0.25) is 0 Å². The lowest BCUT2D eigenvalue weighted by molar-refractivity contribution is -0.148. The summed E-state index contributed by atoms with van der Waals surface area (Å²) in [6.45, 7) is 0.621. The number of rotatable bonds is 6. The van der Waals surface area contributed by atoms with Gasteiger partial charge in [0.1, 0.15) is 5.54 Å². The van der Waals surface area contributed by atoms with Crippen LogP contribution in [0.4, 0.5) is 0 Å². The lowest BCUT2D eigenvalue weighted by Crippen LogP contribution is -2.56. The largest absolute Gasteiger partial charge is 0.480 e. The van der Waals surface area contributed by atoms with Gasteiger partial charge in [-0.25, -0.2) is 0 Å². The maximum absolute atomic E-state index is 11.4. The molecule has 7 heteroatoms. The molecule has 0 aromatic rings. The third kappa shape index (κ3) is 3.59. The fraction of sp³-hybridized carbons (Fsp3) is 0.900. The van der Waals surface area contributed by atoms with Crippen LogP contribution in [0.3, 0.4) is 0 Å². The summed E-state index contributed by atoms with van der Waals surface area (Å²) < 4.78 is 5.24. The minimum absolute atomic E-state index is 0.0215. The molecule has 0 aliphatic heterocycles. The third-order valence-corrected chi connectivity index (χ3v) is 3.19. The summed E-state index contributed by atoms with van der Waals surface area (Å²) in [6.07, 6.45) is 2.73. The van der Waals surface area contributed by atoms with Crippen molar-refractivity contribution in [2.24, 2.45) is 5.11 Å². The number of carbonyl (C=O) groups is 1. The maximum Gasteiger partial charge on any atom is 0.323 e. The van der Waals surface area contributed by atoms with E-state index in [1.807, 2.05) is 0 Å². The quantitative estimate of drug-likeness (QED) is 0.317. The first kappa shape index (κ1) is 13.8. The molecule has 1 saturated carbocycles. The number of aliphatic carboxylic acids is 1. The van der Waals surface area contributed by atoms with Crippen molar-refractivity contribution in [3.8, 4) is 0 Å². The lowest BCUT2D eigenvalue weighted by atomic mass is 9.80. The van der Waals surface area contributed by atoms with E-state index in [1.54, 1.807) is 7.11 Å². The van der Waals surface area contributed by atoms with Crippen molar-refractivity contribution >= 4 is 5.97 Å². The van der Waals surface area contributed by atoms with Crippen molar-refractivity contribution < 1.29 is 14.6 Å². The molecule has 0 spiro atoms. The van der Waals surface area contributed by atoms with E-state index >= 15 is 0 Å². The fourth-order valence-corrected chi connectivity index (χ4v) is 2.25. The van der Waals surface area contributed by atoms with Crippen LogP contribution in [0.25, 0.3) is 10.4 Å².